The predicted molar refractivity (Wildman–Crippen MR) is 102 cm³/mol. The summed E-state index contributed by atoms with van der Waals surface area (Å²) in [5, 5.41) is 20.4. The molecule has 138 valence electrons. The van der Waals surface area contributed by atoms with Gasteiger partial charge in [0.25, 0.3) is 0 Å². The zero-order chi connectivity index (χ0) is 19.6. The zero-order valence-electron chi connectivity index (χ0n) is 15.0. The van der Waals surface area contributed by atoms with Gasteiger partial charge in [-0.05, 0) is 30.7 Å². The molecule has 0 bridgehead atoms. The first kappa shape index (κ1) is 18.4. The molecule has 1 aromatic heterocycles. The van der Waals surface area contributed by atoms with Crippen LogP contribution in [-0.2, 0) is 20.7 Å². The summed E-state index contributed by atoms with van der Waals surface area (Å²) in [6, 6.07) is 11.6. The molecule has 2 aromatic carbocycles. The van der Waals surface area contributed by atoms with E-state index in [4.69, 9.17) is 14.6 Å². The molecule has 0 saturated heterocycles. The summed E-state index contributed by atoms with van der Waals surface area (Å²) < 4.78 is 10.6. The van der Waals surface area contributed by atoms with Gasteiger partial charge in [-0.15, -0.1) is 0 Å². The van der Waals surface area contributed by atoms with Crippen LogP contribution < -0.4 is 0 Å². The van der Waals surface area contributed by atoms with Crippen LogP contribution in [0.15, 0.2) is 58.4 Å². The first-order chi connectivity index (χ1) is 12.9. The first-order valence-corrected chi connectivity index (χ1v) is 8.40. The fourth-order valence-electron chi connectivity index (χ4n) is 3.12. The minimum Gasteiger partial charge on any atom is -0.508 e. The molecule has 0 atom stereocenters. The third-order valence-corrected chi connectivity index (χ3v) is 4.26. The Hall–Kier alpha value is -3.41. The van der Waals surface area contributed by atoms with Crippen molar-refractivity contribution in [1.29, 1.82) is 5.41 Å². The van der Waals surface area contributed by atoms with E-state index in [1.54, 1.807) is 0 Å². The smallest absolute Gasteiger partial charge is 0.310 e. The van der Waals surface area contributed by atoms with Crippen LogP contribution in [0.1, 0.15) is 19.4 Å². The van der Waals surface area contributed by atoms with Gasteiger partial charge in [0.2, 0.25) is 0 Å². The van der Waals surface area contributed by atoms with E-state index in [1.807, 2.05) is 36.4 Å². The van der Waals surface area contributed by atoms with Crippen molar-refractivity contribution in [2.24, 2.45) is 0 Å². The van der Waals surface area contributed by atoms with Crippen LogP contribution in [0, 0.1) is 5.41 Å². The van der Waals surface area contributed by atoms with Gasteiger partial charge < -0.3 is 19.7 Å². The van der Waals surface area contributed by atoms with Gasteiger partial charge in [0.15, 0.2) is 5.78 Å². The van der Waals surface area contributed by atoms with Gasteiger partial charge in [0.05, 0.1) is 18.3 Å². The molecule has 27 heavy (non-hydrogen) atoms. The molecule has 0 radical (unpaired) electrons. The van der Waals surface area contributed by atoms with Crippen molar-refractivity contribution in [3.63, 3.8) is 0 Å². The number of esters is 1. The Morgan fingerprint density at radius 3 is 2.59 bits per heavy atom. The van der Waals surface area contributed by atoms with Crippen LogP contribution in [0.2, 0.25) is 0 Å². The van der Waals surface area contributed by atoms with Gasteiger partial charge >= 0.3 is 5.97 Å². The molecule has 0 fully saturated rings. The van der Waals surface area contributed by atoms with E-state index in [1.165, 1.54) is 20.1 Å². The maximum Gasteiger partial charge on any atom is 0.310 e. The minimum absolute atomic E-state index is 0.0345. The highest BCUT2D eigenvalue weighted by atomic mass is 16.5. The lowest BCUT2D eigenvalue weighted by molar-refractivity contribution is -0.142. The molecule has 0 spiro atoms. The van der Waals surface area contributed by atoms with E-state index in [-0.39, 0.29) is 17.7 Å². The van der Waals surface area contributed by atoms with Crippen molar-refractivity contribution in [3.8, 4) is 0 Å². The van der Waals surface area contributed by atoms with Gasteiger partial charge in [0.1, 0.15) is 17.9 Å². The Morgan fingerprint density at radius 1 is 1.15 bits per heavy atom. The lowest BCUT2D eigenvalue weighted by atomic mass is 10.0. The third-order valence-electron chi connectivity index (χ3n) is 4.26. The van der Waals surface area contributed by atoms with E-state index < -0.39 is 24.1 Å². The van der Waals surface area contributed by atoms with Crippen molar-refractivity contribution in [2.75, 3.05) is 6.61 Å². The number of carbonyl (C=O) groups is 2. The summed E-state index contributed by atoms with van der Waals surface area (Å²) in [6.07, 6.45) is 1.49. The number of nitrogens with one attached hydrogen (secondary N) is 1. The van der Waals surface area contributed by atoms with Gasteiger partial charge in [0, 0.05) is 16.7 Å². The molecule has 3 rings (SSSR count). The number of hydrogen-bond acceptors (Lipinski definition) is 6. The van der Waals surface area contributed by atoms with Crippen LogP contribution in [0.5, 0.6) is 0 Å². The Kier molecular flexibility index (Phi) is 5.07. The second-order valence-electron chi connectivity index (χ2n) is 6.26. The molecule has 0 amide bonds. The summed E-state index contributed by atoms with van der Waals surface area (Å²) in [7, 11) is 0. The second kappa shape index (κ2) is 7.45. The number of fused-ring (bicyclic) bond motifs is 3. The summed E-state index contributed by atoms with van der Waals surface area (Å²) >= 11 is 0. The number of allylic oxidation sites excluding steroid dienone is 1. The van der Waals surface area contributed by atoms with Gasteiger partial charge in [-0.1, -0.05) is 30.3 Å². The fraction of sp³-hybridized carbons (Fsp3) is 0.190. The van der Waals surface area contributed by atoms with Crippen molar-refractivity contribution in [2.45, 2.75) is 20.3 Å². The molecule has 0 aliphatic heterocycles. The molecule has 2 N–H and O–H groups in total. The van der Waals surface area contributed by atoms with Crippen LogP contribution in [-0.4, -0.2) is 29.2 Å². The number of aliphatic hydroxyl groups excluding tert-OH is 1. The molecule has 1 heterocycles. The van der Waals surface area contributed by atoms with Crippen molar-refractivity contribution >= 4 is 39.2 Å². The third kappa shape index (κ3) is 3.74. The van der Waals surface area contributed by atoms with Crippen molar-refractivity contribution in [1.82, 2.24) is 0 Å². The lowest BCUT2D eigenvalue weighted by Crippen LogP contribution is -2.15. The van der Waals surface area contributed by atoms with E-state index in [9.17, 15) is 14.7 Å². The average Bonchev–Trinajstić information content (AvgIpc) is 3.02. The number of ether oxygens (including phenoxy) is 1. The first-order valence-electron chi connectivity index (χ1n) is 8.40. The maximum atomic E-state index is 12.2. The van der Waals surface area contributed by atoms with Gasteiger partial charge in [-0.25, -0.2) is 0 Å². The molecular formula is C21H19NO5. The molecule has 6 nitrogen and oxygen atoms in total. The number of aliphatic hydroxyl groups is 1. The Labute approximate surface area is 155 Å². The Bertz CT molecular complexity index is 1070. The highest BCUT2D eigenvalue weighted by Crippen LogP contribution is 2.30. The van der Waals surface area contributed by atoms with E-state index in [0.717, 1.165) is 16.2 Å². The van der Waals surface area contributed by atoms with Crippen LogP contribution in [0.4, 0.5) is 0 Å². The van der Waals surface area contributed by atoms with Crippen LogP contribution >= 0.6 is 0 Å². The number of Topliss-reactive ketones (excluding diaryl/α,β-unsaturated/α-hetero) is 1. The number of furan rings is 1. The zero-order valence-corrected chi connectivity index (χ0v) is 15.0. The van der Waals surface area contributed by atoms with Crippen molar-refractivity contribution in [3.05, 3.63) is 59.6 Å². The number of rotatable bonds is 6. The molecule has 6 heteroatoms. The van der Waals surface area contributed by atoms with Gasteiger partial charge in [-0.2, -0.15) is 0 Å². The van der Waals surface area contributed by atoms with Crippen molar-refractivity contribution < 1.29 is 23.8 Å². The number of benzene rings is 2. The lowest BCUT2D eigenvalue weighted by Gasteiger charge is -2.08. The molecule has 0 saturated carbocycles. The van der Waals surface area contributed by atoms with Crippen LogP contribution in [0.25, 0.3) is 21.7 Å². The number of hydrogen-bond donors (Lipinski definition) is 2. The summed E-state index contributed by atoms with van der Waals surface area (Å²) in [5.41, 5.74) is 1.15. The Morgan fingerprint density at radius 2 is 1.89 bits per heavy atom. The number of ketones is 1. The molecule has 3 aromatic rings. The summed E-state index contributed by atoms with van der Waals surface area (Å²) in [6.45, 7) is 2.17. The predicted octanol–water partition coefficient (Wildman–Crippen LogP) is 4.11. The SMILES string of the molecule is CC(=N)/C(C(C)=O)=C(\O)COC(=O)Cc1coc2ccc3ccccc3c12. The average molecular weight is 365 g/mol. The normalized spacial score (nSPS) is 12.1. The number of carbonyl (C=O) groups excluding carboxylic acids is 2. The highest BCUT2D eigenvalue weighted by Gasteiger charge is 2.17. The quantitative estimate of drug-likeness (QED) is 0.296. The molecule has 0 aliphatic rings. The molecule has 0 unspecified atom stereocenters. The van der Waals surface area contributed by atoms with E-state index in [2.05, 4.69) is 0 Å². The highest BCUT2D eigenvalue weighted by molar-refractivity contribution is 6.20. The standard InChI is InChI=1S/C21H19NO5/c1-12(22)20(13(2)23)17(24)11-27-19(25)9-15-10-26-18-8-7-14-5-3-4-6-16(14)21(15)18/h3-8,10,22,24H,9,11H2,1-2H3/b20-17+,22-12?. The molecular weight excluding hydrogens is 346 g/mol. The maximum absolute atomic E-state index is 12.2. The largest absolute Gasteiger partial charge is 0.508 e. The monoisotopic (exact) mass is 365 g/mol. The van der Waals surface area contributed by atoms with E-state index >= 15 is 0 Å². The summed E-state index contributed by atoms with van der Waals surface area (Å²) in [5.74, 6) is -1.45. The second-order valence-corrected chi connectivity index (χ2v) is 6.26. The summed E-state index contributed by atoms with van der Waals surface area (Å²) in [4.78, 5) is 23.7. The molecule has 0 aliphatic carbocycles. The topological polar surface area (TPSA) is 101 Å². The van der Waals surface area contributed by atoms with Crippen LogP contribution in [0.3, 0.4) is 0 Å². The Balaban J connectivity index is 1.81. The fourth-order valence-corrected chi connectivity index (χ4v) is 3.12. The van der Waals surface area contributed by atoms with E-state index in [0.29, 0.717) is 11.1 Å². The van der Waals surface area contributed by atoms with Gasteiger partial charge in [-0.3, -0.25) is 9.59 Å². The minimum atomic E-state index is -0.567.